The van der Waals surface area contributed by atoms with E-state index < -0.39 is 11.2 Å². The molecule has 0 aliphatic heterocycles. The van der Waals surface area contributed by atoms with Gasteiger partial charge >= 0.3 is 5.97 Å². The van der Waals surface area contributed by atoms with Crippen molar-refractivity contribution in [2.75, 3.05) is 6.61 Å². The van der Waals surface area contributed by atoms with Crippen LogP contribution in [-0.4, -0.2) is 22.5 Å². The van der Waals surface area contributed by atoms with E-state index in [0.29, 0.717) is 23.0 Å². The maximum atomic E-state index is 12.8. The fourth-order valence-corrected chi connectivity index (χ4v) is 2.56. The zero-order valence-electron chi connectivity index (χ0n) is 11.5. The maximum Gasteiger partial charge on any atom is 0.317 e. The first kappa shape index (κ1) is 14.6. The van der Waals surface area contributed by atoms with Crippen LogP contribution < -0.4 is 0 Å². The Balaban J connectivity index is 2.28. The van der Waals surface area contributed by atoms with Crippen molar-refractivity contribution in [3.63, 3.8) is 0 Å². The molecule has 0 aromatic carbocycles. The summed E-state index contributed by atoms with van der Waals surface area (Å²) in [5, 5.41) is 2.45. The van der Waals surface area contributed by atoms with Crippen LogP contribution in [0.3, 0.4) is 0 Å². The lowest BCUT2D eigenvalue weighted by atomic mass is 9.90. The summed E-state index contributed by atoms with van der Waals surface area (Å²) in [7, 11) is 0. The van der Waals surface area contributed by atoms with E-state index in [-0.39, 0.29) is 5.97 Å². The quantitative estimate of drug-likeness (QED) is 0.813. The Morgan fingerprint density at radius 1 is 1.45 bits per heavy atom. The van der Waals surface area contributed by atoms with Gasteiger partial charge in [0.05, 0.1) is 24.2 Å². The number of pyridine rings is 1. The monoisotopic (exact) mass is 294 g/mol. The molecule has 20 heavy (non-hydrogen) atoms. The van der Waals surface area contributed by atoms with E-state index in [1.165, 1.54) is 17.4 Å². The van der Waals surface area contributed by atoms with Crippen LogP contribution in [0.2, 0.25) is 0 Å². The van der Waals surface area contributed by atoms with Crippen molar-refractivity contribution in [1.82, 2.24) is 9.97 Å². The summed E-state index contributed by atoms with van der Waals surface area (Å²) in [5.74, 6) is -0.707. The second-order valence-corrected chi connectivity index (χ2v) is 5.60. The topological polar surface area (TPSA) is 52.1 Å². The third kappa shape index (κ3) is 2.85. The van der Waals surface area contributed by atoms with Crippen LogP contribution in [0.1, 0.15) is 26.5 Å². The Hall–Kier alpha value is -1.82. The Kier molecular flexibility index (Phi) is 4.13. The number of carbonyl (C=O) groups excluding carboxylic acids is 1. The molecule has 6 heteroatoms. The van der Waals surface area contributed by atoms with Crippen LogP contribution in [0.25, 0.3) is 10.7 Å². The second-order valence-electron chi connectivity index (χ2n) is 4.75. The van der Waals surface area contributed by atoms with Gasteiger partial charge in [-0.3, -0.25) is 9.78 Å². The van der Waals surface area contributed by atoms with Crippen molar-refractivity contribution < 1.29 is 13.9 Å². The van der Waals surface area contributed by atoms with Gasteiger partial charge in [-0.1, -0.05) is 0 Å². The molecule has 0 bridgehead atoms. The molecule has 106 valence electrons. The van der Waals surface area contributed by atoms with Gasteiger partial charge in [-0.2, -0.15) is 0 Å². The van der Waals surface area contributed by atoms with Gasteiger partial charge in [-0.05, 0) is 32.9 Å². The summed E-state index contributed by atoms with van der Waals surface area (Å²) in [6.07, 6.45) is 1.15. The van der Waals surface area contributed by atoms with Crippen molar-refractivity contribution >= 4 is 17.3 Å². The van der Waals surface area contributed by atoms with E-state index in [1.807, 2.05) is 0 Å². The van der Waals surface area contributed by atoms with Gasteiger partial charge in [0.25, 0.3) is 0 Å². The summed E-state index contributed by atoms with van der Waals surface area (Å²) < 4.78 is 17.9. The SMILES string of the molecule is CCOC(=O)C(C)(C)c1csc(-c2ccc(F)cn2)n1. The largest absolute Gasteiger partial charge is 0.465 e. The van der Waals surface area contributed by atoms with Gasteiger partial charge in [0.15, 0.2) is 0 Å². The minimum Gasteiger partial charge on any atom is -0.465 e. The van der Waals surface area contributed by atoms with Crippen LogP contribution in [-0.2, 0) is 14.9 Å². The summed E-state index contributed by atoms with van der Waals surface area (Å²) in [4.78, 5) is 20.3. The predicted molar refractivity (Wildman–Crippen MR) is 75.0 cm³/mol. The van der Waals surface area contributed by atoms with Crippen LogP contribution in [0.4, 0.5) is 4.39 Å². The number of nitrogens with zero attached hydrogens (tertiary/aromatic N) is 2. The fourth-order valence-electron chi connectivity index (χ4n) is 1.60. The highest BCUT2D eigenvalue weighted by Gasteiger charge is 2.34. The number of halogens is 1. The van der Waals surface area contributed by atoms with Crippen LogP contribution >= 0.6 is 11.3 Å². The number of thiazole rings is 1. The van der Waals surface area contributed by atoms with E-state index in [0.717, 1.165) is 6.20 Å². The molecular formula is C14H15FN2O2S. The number of rotatable bonds is 4. The first-order valence-corrected chi connectivity index (χ1v) is 7.08. The van der Waals surface area contributed by atoms with Crippen LogP contribution in [0, 0.1) is 5.82 Å². The number of hydrogen-bond donors (Lipinski definition) is 0. The Morgan fingerprint density at radius 2 is 2.20 bits per heavy atom. The minimum atomic E-state index is -0.815. The zero-order valence-corrected chi connectivity index (χ0v) is 12.3. The molecule has 0 N–H and O–H groups in total. The smallest absolute Gasteiger partial charge is 0.317 e. The summed E-state index contributed by atoms with van der Waals surface area (Å²) in [6.45, 7) is 5.63. The van der Waals surface area contributed by atoms with Gasteiger partial charge in [0.1, 0.15) is 16.2 Å². The van der Waals surface area contributed by atoms with Crippen LogP contribution in [0.15, 0.2) is 23.7 Å². The maximum absolute atomic E-state index is 12.8. The van der Waals surface area contributed by atoms with E-state index in [2.05, 4.69) is 9.97 Å². The number of carbonyl (C=O) groups is 1. The van der Waals surface area contributed by atoms with E-state index in [9.17, 15) is 9.18 Å². The lowest BCUT2D eigenvalue weighted by molar-refractivity contribution is -0.148. The lowest BCUT2D eigenvalue weighted by Gasteiger charge is -2.19. The second kappa shape index (κ2) is 5.66. The van der Waals surface area contributed by atoms with Gasteiger partial charge in [0.2, 0.25) is 0 Å². The van der Waals surface area contributed by atoms with E-state index in [4.69, 9.17) is 4.74 Å². The molecule has 2 aromatic rings. The molecule has 0 unspecified atom stereocenters. The van der Waals surface area contributed by atoms with E-state index >= 15 is 0 Å². The average Bonchev–Trinajstić information content (AvgIpc) is 2.90. The predicted octanol–water partition coefficient (Wildman–Crippen LogP) is 3.18. The minimum absolute atomic E-state index is 0.316. The number of ether oxygens (including phenoxy) is 1. The average molecular weight is 294 g/mol. The third-order valence-electron chi connectivity index (χ3n) is 2.88. The van der Waals surface area contributed by atoms with Crippen molar-refractivity contribution in [3.05, 3.63) is 35.2 Å². The highest BCUT2D eigenvalue weighted by molar-refractivity contribution is 7.13. The normalized spacial score (nSPS) is 11.4. The highest BCUT2D eigenvalue weighted by Crippen LogP contribution is 2.30. The van der Waals surface area contributed by atoms with Crippen molar-refractivity contribution in [1.29, 1.82) is 0 Å². The molecule has 2 aromatic heterocycles. The number of esters is 1. The molecule has 0 aliphatic carbocycles. The summed E-state index contributed by atoms with van der Waals surface area (Å²) in [6, 6.07) is 2.90. The van der Waals surface area contributed by atoms with Gasteiger partial charge in [-0.25, -0.2) is 9.37 Å². The van der Waals surface area contributed by atoms with Crippen molar-refractivity contribution in [2.45, 2.75) is 26.2 Å². The van der Waals surface area contributed by atoms with Crippen molar-refractivity contribution in [2.24, 2.45) is 0 Å². The fraction of sp³-hybridized carbons (Fsp3) is 0.357. The Bertz CT molecular complexity index is 608. The molecular weight excluding hydrogens is 279 g/mol. The summed E-state index contributed by atoms with van der Waals surface area (Å²) >= 11 is 1.37. The molecule has 0 radical (unpaired) electrons. The molecule has 0 saturated heterocycles. The molecule has 0 saturated carbocycles. The first-order chi connectivity index (χ1) is 9.45. The molecule has 2 rings (SSSR count). The first-order valence-electron chi connectivity index (χ1n) is 6.20. The molecule has 0 atom stereocenters. The van der Waals surface area contributed by atoms with Crippen LogP contribution in [0.5, 0.6) is 0 Å². The third-order valence-corrected chi connectivity index (χ3v) is 3.74. The summed E-state index contributed by atoms with van der Waals surface area (Å²) in [5.41, 5.74) is 0.398. The molecule has 0 amide bonds. The zero-order chi connectivity index (χ0) is 14.8. The highest BCUT2D eigenvalue weighted by atomic mass is 32.1. The molecule has 0 fully saturated rings. The molecule has 2 heterocycles. The molecule has 0 spiro atoms. The number of hydrogen-bond acceptors (Lipinski definition) is 5. The molecule has 0 aliphatic rings. The number of aromatic nitrogens is 2. The Labute approximate surface area is 120 Å². The molecule has 4 nitrogen and oxygen atoms in total. The van der Waals surface area contributed by atoms with Gasteiger partial charge in [-0.15, -0.1) is 11.3 Å². The van der Waals surface area contributed by atoms with Gasteiger partial charge < -0.3 is 4.74 Å². The standard InChI is InChI=1S/C14H15FN2O2S/c1-4-19-13(18)14(2,3)11-8-20-12(17-11)10-6-5-9(15)7-16-10/h5-8H,4H2,1-3H3. The lowest BCUT2D eigenvalue weighted by Crippen LogP contribution is -2.31. The Morgan fingerprint density at radius 3 is 2.80 bits per heavy atom. The van der Waals surface area contributed by atoms with Gasteiger partial charge in [0, 0.05) is 5.38 Å². The van der Waals surface area contributed by atoms with Crippen molar-refractivity contribution in [3.8, 4) is 10.7 Å². The van der Waals surface area contributed by atoms with E-state index in [1.54, 1.807) is 32.2 Å².